The molecule has 2 aliphatic heterocycles. The van der Waals surface area contributed by atoms with Crippen molar-refractivity contribution in [2.24, 2.45) is 5.92 Å². The van der Waals surface area contributed by atoms with Crippen LogP contribution in [0, 0.1) is 5.92 Å². The van der Waals surface area contributed by atoms with E-state index in [1.807, 2.05) is 29.2 Å². The summed E-state index contributed by atoms with van der Waals surface area (Å²) in [6.07, 6.45) is 5.70. The smallest absolute Gasteiger partial charge is 0.272 e. The Morgan fingerprint density at radius 2 is 1.88 bits per heavy atom. The molecule has 3 aliphatic rings. The summed E-state index contributed by atoms with van der Waals surface area (Å²) >= 11 is 5.99. The van der Waals surface area contributed by atoms with Gasteiger partial charge >= 0.3 is 0 Å². The zero-order chi connectivity index (χ0) is 16.9. The highest BCUT2D eigenvalue weighted by Gasteiger charge is 2.64. The largest absolute Gasteiger partial charge is 0.366 e. The summed E-state index contributed by atoms with van der Waals surface area (Å²) in [6, 6.07) is 7.83. The molecule has 2 saturated heterocycles. The monoisotopic (exact) mass is 349 g/mol. The van der Waals surface area contributed by atoms with E-state index in [1.54, 1.807) is 12.1 Å². The maximum atomic E-state index is 13.0. The number of likely N-dealkylation sites (tertiary alicyclic amines) is 1. The number of fused-ring (bicyclic) bond motifs is 1. The Balaban J connectivity index is 1.63. The summed E-state index contributed by atoms with van der Waals surface area (Å²) in [5.74, 6) is -0.330. The second kappa shape index (κ2) is 5.99. The molecule has 4 rings (SSSR count). The fourth-order valence-corrected chi connectivity index (χ4v) is 4.73. The zero-order valence-electron chi connectivity index (χ0n) is 13.9. The van der Waals surface area contributed by atoms with Crippen molar-refractivity contribution < 1.29 is 9.90 Å². The van der Waals surface area contributed by atoms with E-state index >= 15 is 0 Å². The van der Waals surface area contributed by atoms with Crippen LogP contribution in [0.3, 0.4) is 0 Å². The van der Waals surface area contributed by atoms with Crippen molar-refractivity contribution >= 4 is 17.5 Å². The van der Waals surface area contributed by atoms with Gasteiger partial charge in [0.25, 0.3) is 5.91 Å². The molecule has 5 nitrogen and oxygen atoms in total. The van der Waals surface area contributed by atoms with Gasteiger partial charge in [-0.25, -0.2) is 10.4 Å². The Bertz CT molecular complexity index is 632. The number of carbonyl (C=O) groups is 1. The Morgan fingerprint density at radius 3 is 2.54 bits per heavy atom. The minimum atomic E-state index is -1.46. The van der Waals surface area contributed by atoms with E-state index in [2.05, 4.69) is 5.43 Å². The van der Waals surface area contributed by atoms with Gasteiger partial charge in [-0.2, -0.15) is 0 Å². The van der Waals surface area contributed by atoms with Crippen LogP contribution in [0.4, 0.5) is 0 Å². The molecule has 2 heterocycles. The lowest BCUT2D eigenvalue weighted by Gasteiger charge is -2.34. The van der Waals surface area contributed by atoms with Crippen molar-refractivity contribution in [2.75, 3.05) is 13.6 Å². The van der Waals surface area contributed by atoms with Crippen molar-refractivity contribution in [1.82, 2.24) is 15.3 Å². The van der Waals surface area contributed by atoms with E-state index in [1.165, 1.54) is 19.3 Å². The van der Waals surface area contributed by atoms with E-state index in [-0.39, 0.29) is 23.9 Å². The SMILES string of the molecule is CN1N[C@H](c2ccc(Cl)cc2)[C@@H]2CN(C3CCCCC3)C(=O)[C@@]21O. The van der Waals surface area contributed by atoms with E-state index in [0.29, 0.717) is 11.6 Å². The van der Waals surface area contributed by atoms with E-state index < -0.39 is 5.72 Å². The van der Waals surface area contributed by atoms with Gasteiger partial charge in [-0.1, -0.05) is 43.0 Å². The number of nitrogens with one attached hydrogen (secondary N) is 1. The number of carbonyl (C=O) groups excluding carboxylic acids is 1. The lowest BCUT2D eigenvalue weighted by molar-refractivity contribution is -0.164. The molecule has 3 atom stereocenters. The van der Waals surface area contributed by atoms with Gasteiger partial charge in [0.2, 0.25) is 5.72 Å². The third kappa shape index (κ3) is 2.37. The van der Waals surface area contributed by atoms with Crippen molar-refractivity contribution in [3.8, 4) is 0 Å². The van der Waals surface area contributed by atoms with Crippen molar-refractivity contribution in [1.29, 1.82) is 0 Å². The topological polar surface area (TPSA) is 55.8 Å². The number of benzene rings is 1. The third-order valence-corrected chi connectivity index (χ3v) is 6.23. The maximum absolute atomic E-state index is 13.0. The quantitative estimate of drug-likeness (QED) is 0.860. The first-order valence-electron chi connectivity index (χ1n) is 8.80. The van der Waals surface area contributed by atoms with Crippen LogP contribution in [-0.2, 0) is 4.79 Å². The molecule has 1 aliphatic carbocycles. The van der Waals surface area contributed by atoms with Crippen LogP contribution >= 0.6 is 11.6 Å². The third-order valence-electron chi connectivity index (χ3n) is 5.98. The molecule has 0 radical (unpaired) electrons. The summed E-state index contributed by atoms with van der Waals surface area (Å²) in [7, 11) is 1.76. The van der Waals surface area contributed by atoms with Gasteiger partial charge in [0, 0.05) is 24.7 Å². The number of hydrogen-bond acceptors (Lipinski definition) is 4. The average Bonchev–Trinajstić information content (AvgIpc) is 3.01. The van der Waals surface area contributed by atoms with Gasteiger partial charge < -0.3 is 10.0 Å². The standard InChI is InChI=1S/C18H24ClN3O2/c1-21-18(24)15(16(20-21)12-7-9-13(19)10-8-12)11-22(17(18)23)14-5-3-2-4-6-14/h7-10,14-16,20,24H,2-6,11H2,1H3/t15-,16+,18-/m0/s1. The first-order chi connectivity index (χ1) is 11.5. The van der Waals surface area contributed by atoms with E-state index in [0.717, 1.165) is 18.4 Å². The summed E-state index contributed by atoms with van der Waals surface area (Å²) in [4.78, 5) is 15.0. The molecule has 0 unspecified atom stereocenters. The van der Waals surface area contributed by atoms with E-state index in [4.69, 9.17) is 11.6 Å². The van der Waals surface area contributed by atoms with Crippen molar-refractivity contribution in [2.45, 2.75) is 49.9 Å². The molecule has 0 bridgehead atoms. The van der Waals surface area contributed by atoms with Crippen molar-refractivity contribution in [3.63, 3.8) is 0 Å². The second-order valence-corrected chi connectivity index (χ2v) is 7.74. The molecule has 1 aromatic rings. The molecular formula is C18H24ClN3O2. The molecule has 3 fully saturated rings. The summed E-state index contributed by atoms with van der Waals surface area (Å²) in [5.41, 5.74) is 2.87. The Labute approximate surface area is 147 Å². The molecule has 130 valence electrons. The number of nitrogens with zero attached hydrogens (tertiary/aromatic N) is 2. The molecule has 24 heavy (non-hydrogen) atoms. The number of aliphatic hydroxyl groups is 1. The number of amides is 1. The Morgan fingerprint density at radius 1 is 1.21 bits per heavy atom. The van der Waals surface area contributed by atoms with Crippen LogP contribution in [0.2, 0.25) is 5.02 Å². The number of halogens is 1. The number of rotatable bonds is 2. The number of hydrogen-bond donors (Lipinski definition) is 2. The van der Waals surface area contributed by atoms with Crippen LogP contribution in [0.5, 0.6) is 0 Å². The molecule has 1 aromatic carbocycles. The lowest BCUT2D eigenvalue weighted by atomic mass is 9.89. The van der Waals surface area contributed by atoms with Gasteiger partial charge in [0.05, 0.1) is 12.0 Å². The van der Waals surface area contributed by atoms with Gasteiger partial charge in [0.1, 0.15) is 0 Å². The van der Waals surface area contributed by atoms with Crippen LogP contribution in [-0.4, -0.2) is 46.3 Å². The molecule has 6 heteroatoms. The fourth-order valence-electron chi connectivity index (χ4n) is 4.60. The molecule has 2 N–H and O–H groups in total. The highest BCUT2D eigenvalue weighted by Crippen LogP contribution is 2.46. The highest BCUT2D eigenvalue weighted by atomic mass is 35.5. The predicted octanol–water partition coefficient (Wildman–Crippen LogP) is 2.31. The van der Waals surface area contributed by atoms with Gasteiger partial charge in [-0.05, 0) is 30.5 Å². The van der Waals surface area contributed by atoms with Gasteiger partial charge in [-0.15, -0.1) is 0 Å². The molecule has 1 saturated carbocycles. The molecular weight excluding hydrogens is 326 g/mol. The second-order valence-electron chi connectivity index (χ2n) is 7.30. The maximum Gasteiger partial charge on any atom is 0.272 e. The van der Waals surface area contributed by atoms with Gasteiger partial charge in [-0.3, -0.25) is 4.79 Å². The van der Waals surface area contributed by atoms with Crippen LogP contribution < -0.4 is 5.43 Å². The fraction of sp³-hybridized carbons (Fsp3) is 0.611. The van der Waals surface area contributed by atoms with Gasteiger partial charge in [0.15, 0.2) is 0 Å². The minimum Gasteiger partial charge on any atom is -0.366 e. The summed E-state index contributed by atoms with van der Waals surface area (Å²) in [6.45, 7) is 0.602. The molecule has 0 aromatic heterocycles. The normalized spacial score (nSPS) is 34.8. The summed E-state index contributed by atoms with van der Waals surface area (Å²) in [5, 5.41) is 13.5. The van der Waals surface area contributed by atoms with Crippen LogP contribution in [0.15, 0.2) is 24.3 Å². The Kier molecular flexibility index (Phi) is 4.07. The molecule has 0 spiro atoms. The minimum absolute atomic E-state index is 0.0881. The van der Waals surface area contributed by atoms with Crippen LogP contribution in [0.25, 0.3) is 0 Å². The summed E-state index contributed by atoms with van der Waals surface area (Å²) < 4.78 is 0. The van der Waals surface area contributed by atoms with E-state index in [9.17, 15) is 9.90 Å². The first kappa shape index (κ1) is 16.3. The predicted molar refractivity (Wildman–Crippen MR) is 92.1 cm³/mol. The lowest BCUT2D eigenvalue weighted by Crippen LogP contribution is -2.55. The first-order valence-corrected chi connectivity index (χ1v) is 9.18. The average molecular weight is 350 g/mol. The number of likely N-dealkylation sites (N-methyl/N-ethyl adjacent to an activating group) is 1. The number of hydrazine groups is 1. The Hall–Kier alpha value is -1.14. The highest BCUT2D eigenvalue weighted by molar-refractivity contribution is 6.30. The zero-order valence-corrected chi connectivity index (χ0v) is 14.7. The molecule has 1 amide bonds. The van der Waals surface area contributed by atoms with Crippen LogP contribution in [0.1, 0.15) is 43.7 Å². The van der Waals surface area contributed by atoms with Crippen molar-refractivity contribution in [3.05, 3.63) is 34.9 Å².